The zero-order chi connectivity index (χ0) is 16.7. The van der Waals surface area contributed by atoms with Crippen molar-refractivity contribution >= 4 is 17.7 Å². The van der Waals surface area contributed by atoms with Gasteiger partial charge in [0, 0.05) is 11.4 Å². The first kappa shape index (κ1) is 17.4. The van der Waals surface area contributed by atoms with Gasteiger partial charge < -0.3 is 10.1 Å². The Balaban J connectivity index is 1.82. The van der Waals surface area contributed by atoms with Gasteiger partial charge in [0.25, 0.3) is 0 Å². The lowest BCUT2D eigenvalue weighted by molar-refractivity contribution is -0.120. The molecule has 2 rings (SSSR count). The van der Waals surface area contributed by atoms with Gasteiger partial charge in [-0.1, -0.05) is 29.8 Å². The number of carbonyl (C=O) groups is 1. The Morgan fingerprint density at radius 2 is 1.78 bits per heavy atom. The number of rotatable bonds is 7. The fraction of sp³-hybridized carbons (Fsp3) is 0.316. The molecule has 0 aromatic heterocycles. The van der Waals surface area contributed by atoms with Crippen LogP contribution in [0.4, 0.5) is 0 Å². The van der Waals surface area contributed by atoms with Gasteiger partial charge in [0.1, 0.15) is 5.75 Å². The van der Waals surface area contributed by atoms with Gasteiger partial charge in [-0.05, 0) is 50.6 Å². The van der Waals surface area contributed by atoms with Crippen molar-refractivity contribution in [1.29, 1.82) is 0 Å². The highest BCUT2D eigenvalue weighted by Crippen LogP contribution is 2.23. The molecular formula is C19H23NO2S. The molecule has 1 amide bonds. The number of hydrogen-bond acceptors (Lipinski definition) is 3. The SMILES string of the molecule is CCOc1ccc(CNC(=O)[C@H](C)Sc2ccc(C)cc2)cc1. The number of thioether (sulfide) groups is 1. The number of benzene rings is 2. The molecule has 0 saturated heterocycles. The lowest BCUT2D eigenvalue weighted by Crippen LogP contribution is -2.30. The predicted molar refractivity (Wildman–Crippen MR) is 96.0 cm³/mol. The summed E-state index contributed by atoms with van der Waals surface area (Å²) >= 11 is 1.57. The first-order chi connectivity index (χ1) is 11.1. The van der Waals surface area contributed by atoms with E-state index in [0.29, 0.717) is 13.2 Å². The minimum Gasteiger partial charge on any atom is -0.494 e. The molecular weight excluding hydrogens is 306 g/mol. The third kappa shape index (κ3) is 5.64. The minimum absolute atomic E-state index is 0.0458. The lowest BCUT2D eigenvalue weighted by Gasteiger charge is -2.12. The average molecular weight is 329 g/mol. The highest BCUT2D eigenvalue weighted by Gasteiger charge is 2.13. The number of ether oxygens (including phenoxy) is 1. The molecule has 0 fully saturated rings. The summed E-state index contributed by atoms with van der Waals surface area (Å²) in [6.07, 6.45) is 0. The molecule has 4 heteroatoms. The number of amides is 1. The smallest absolute Gasteiger partial charge is 0.233 e. The van der Waals surface area contributed by atoms with E-state index in [1.807, 2.05) is 38.1 Å². The second-order valence-corrected chi connectivity index (χ2v) is 6.78. The molecule has 23 heavy (non-hydrogen) atoms. The second-order valence-electron chi connectivity index (χ2n) is 5.37. The molecule has 2 aromatic rings. The van der Waals surface area contributed by atoms with E-state index < -0.39 is 0 Å². The first-order valence-electron chi connectivity index (χ1n) is 7.81. The molecule has 0 radical (unpaired) electrons. The summed E-state index contributed by atoms with van der Waals surface area (Å²) in [5.74, 6) is 0.898. The Kier molecular flexibility index (Phi) is 6.53. The highest BCUT2D eigenvalue weighted by molar-refractivity contribution is 8.00. The largest absolute Gasteiger partial charge is 0.494 e. The normalized spacial score (nSPS) is 11.8. The molecule has 0 bridgehead atoms. The van der Waals surface area contributed by atoms with E-state index in [1.165, 1.54) is 5.56 Å². The molecule has 1 atom stereocenters. The van der Waals surface area contributed by atoms with E-state index in [0.717, 1.165) is 16.2 Å². The molecule has 3 nitrogen and oxygen atoms in total. The van der Waals surface area contributed by atoms with Crippen LogP contribution in [-0.4, -0.2) is 17.8 Å². The fourth-order valence-corrected chi connectivity index (χ4v) is 2.97. The topological polar surface area (TPSA) is 38.3 Å². The zero-order valence-corrected chi connectivity index (χ0v) is 14.7. The van der Waals surface area contributed by atoms with Crippen molar-refractivity contribution in [3.05, 3.63) is 59.7 Å². The summed E-state index contributed by atoms with van der Waals surface area (Å²) in [5.41, 5.74) is 2.29. The maximum atomic E-state index is 12.2. The van der Waals surface area contributed by atoms with Gasteiger partial charge in [0.15, 0.2) is 0 Å². The molecule has 2 aromatic carbocycles. The second kappa shape index (κ2) is 8.63. The van der Waals surface area contributed by atoms with Gasteiger partial charge in [0.2, 0.25) is 5.91 Å². The molecule has 0 spiro atoms. The molecule has 0 saturated carbocycles. The van der Waals surface area contributed by atoms with Gasteiger partial charge >= 0.3 is 0 Å². The van der Waals surface area contributed by atoms with Crippen LogP contribution in [0.15, 0.2) is 53.4 Å². The average Bonchev–Trinajstić information content (AvgIpc) is 2.56. The van der Waals surface area contributed by atoms with Crippen molar-refractivity contribution in [3.8, 4) is 5.75 Å². The summed E-state index contributed by atoms with van der Waals surface area (Å²) in [6.45, 7) is 7.13. The zero-order valence-electron chi connectivity index (χ0n) is 13.8. The van der Waals surface area contributed by atoms with Crippen LogP contribution >= 0.6 is 11.8 Å². The number of hydrogen-bond donors (Lipinski definition) is 1. The first-order valence-corrected chi connectivity index (χ1v) is 8.69. The number of carbonyl (C=O) groups excluding carboxylic acids is 1. The van der Waals surface area contributed by atoms with E-state index in [2.05, 4.69) is 36.5 Å². The van der Waals surface area contributed by atoms with Gasteiger partial charge in [-0.15, -0.1) is 11.8 Å². The summed E-state index contributed by atoms with van der Waals surface area (Å²) in [7, 11) is 0. The van der Waals surface area contributed by atoms with Crippen LogP contribution in [0.25, 0.3) is 0 Å². The van der Waals surface area contributed by atoms with E-state index in [4.69, 9.17) is 4.74 Å². The molecule has 122 valence electrons. The highest BCUT2D eigenvalue weighted by atomic mass is 32.2. The molecule has 0 heterocycles. The maximum absolute atomic E-state index is 12.2. The monoisotopic (exact) mass is 329 g/mol. The van der Waals surface area contributed by atoms with Gasteiger partial charge in [0.05, 0.1) is 11.9 Å². The van der Waals surface area contributed by atoms with Crippen LogP contribution < -0.4 is 10.1 Å². The van der Waals surface area contributed by atoms with Crippen LogP contribution in [0, 0.1) is 6.92 Å². The molecule has 0 unspecified atom stereocenters. The Morgan fingerprint density at radius 1 is 1.13 bits per heavy atom. The number of aryl methyl sites for hydroxylation is 1. The lowest BCUT2D eigenvalue weighted by atomic mass is 10.2. The van der Waals surface area contributed by atoms with Crippen molar-refractivity contribution in [2.45, 2.75) is 37.5 Å². The summed E-state index contributed by atoms with van der Waals surface area (Å²) in [5, 5.41) is 2.86. The van der Waals surface area contributed by atoms with Crippen molar-refractivity contribution in [2.24, 2.45) is 0 Å². The van der Waals surface area contributed by atoms with Crippen LogP contribution in [0.1, 0.15) is 25.0 Å². The van der Waals surface area contributed by atoms with Crippen LogP contribution in [0.5, 0.6) is 5.75 Å². The van der Waals surface area contributed by atoms with E-state index >= 15 is 0 Å². The van der Waals surface area contributed by atoms with Crippen molar-refractivity contribution < 1.29 is 9.53 Å². The van der Waals surface area contributed by atoms with Crippen molar-refractivity contribution in [2.75, 3.05) is 6.61 Å². The van der Waals surface area contributed by atoms with Crippen molar-refractivity contribution in [1.82, 2.24) is 5.32 Å². The van der Waals surface area contributed by atoms with E-state index in [9.17, 15) is 4.79 Å². The third-order valence-electron chi connectivity index (χ3n) is 3.40. The third-order valence-corrected chi connectivity index (χ3v) is 4.52. The molecule has 1 N–H and O–H groups in total. The Hall–Kier alpha value is -1.94. The Labute approximate surface area is 142 Å². The molecule has 0 aliphatic carbocycles. The fourth-order valence-electron chi connectivity index (χ4n) is 2.08. The van der Waals surface area contributed by atoms with Crippen LogP contribution in [0.3, 0.4) is 0 Å². The molecule has 0 aliphatic rings. The molecule has 0 aliphatic heterocycles. The quantitative estimate of drug-likeness (QED) is 0.774. The minimum atomic E-state index is -0.125. The standard InChI is InChI=1S/C19H23NO2S/c1-4-22-17-9-7-16(8-10-17)13-20-19(21)15(3)23-18-11-5-14(2)6-12-18/h5-12,15H,4,13H2,1-3H3,(H,20,21)/t15-/m0/s1. The van der Waals surface area contributed by atoms with Crippen LogP contribution in [0.2, 0.25) is 0 Å². The van der Waals surface area contributed by atoms with Crippen molar-refractivity contribution in [3.63, 3.8) is 0 Å². The summed E-state index contributed by atoms with van der Waals surface area (Å²) in [6, 6.07) is 16.0. The van der Waals surface area contributed by atoms with E-state index in [1.54, 1.807) is 11.8 Å². The van der Waals surface area contributed by atoms with Crippen LogP contribution in [-0.2, 0) is 11.3 Å². The summed E-state index contributed by atoms with van der Waals surface area (Å²) < 4.78 is 5.41. The van der Waals surface area contributed by atoms with Gasteiger partial charge in [-0.2, -0.15) is 0 Å². The number of nitrogens with one attached hydrogen (secondary N) is 1. The predicted octanol–water partition coefficient (Wildman–Crippen LogP) is 4.19. The summed E-state index contributed by atoms with van der Waals surface area (Å²) in [4.78, 5) is 13.3. The Morgan fingerprint density at radius 3 is 2.39 bits per heavy atom. The van der Waals surface area contributed by atoms with Gasteiger partial charge in [-0.3, -0.25) is 4.79 Å². The van der Waals surface area contributed by atoms with Gasteiger partial charge in [-0.25, -0.2) is 0 Å². The maximum Gasteiger partial charge on any atom is 0.233 e. The Bertz CT molecular complexity index is 623. The van der Waals surface area contributed by atoms with E-state index in [-0.39, 0.29) is 11.2 Å².